The number of nitrogens with one attached hydrogen (secondary N) is 2. The zero-order valence-electron chi connectivity index (χ0n) is 18.6. The third-order valence-electron chi connectivity index (χ3n) is 5.08. The molecule has 6 nitrogen and oxygen atoms in total. The quantitative estimate of drug-likeness (QED) is 0.347. The molecule has 1 heterocycles. The summed E-state index contributed by atoms with van der Waals surface area (Å²) in [6.45, 7) is -0.156. The topological polar surface area (TPSA) is 76.7 Å². The molecule has 0 spiro atoms. The van der Waals surface area contributed by atoms with Crippen molar-refractivity contribution < 1.29 is 19.1 Å². The fourth-order valence-electron chi connectivity index (χ4n) is 3.38. The molecular weight excluding hydrogens is 448 g/mol. The van der Waals surface area contributed by atoms with Crippen LogP contribution in [0, 0.1) is 0 Å². The lowest BCUT2D eigenvalue weighted by atomic mass is 10.0. The zero-order chi connectivity index (χ0) is 23.8. The average Bonchev–Trinajstić information content (AvgIpc) is 3.41. The van der Waals surface area contributed by atoms with Gasteiger partial charge in [-0.25, -0.2) is 0 Å². The monoisotopic (exact) mass is 472 g/mol. The molecule has 3 aromatic carbocycles. The van der Waals surface area contributed by atoms with Gasteiger partial charge in [-0.3, -0.25) is 9.59 Å². The Bertz CT molecular complexity index is 1230. The maximum Gasteiger partial charge on any atom is 0.262 e. The maximum absolute atomic E-state index is 12.9. The van der Waals surface area contributed by atoms with E-state index in [-0.39, 0.29) is 24.5 Å². The lowest BCUT2D eigenvalue weighted by Gasteiger charge is -2.18. The molecule has 0 radical (unpaired) electrons. The van der Waals surface area contributed by atoms with E-state index < -0.39 is 0 Å². The normalized spacial score (nSPS) is 11.3. The molecule has 0 aliphatic carbocycles. The van der Waals surface area contributed by atoms with Crippen LogP contribution in [-0.2, 0) is 4.79 Å². The van der Waals surface area contributed by atoms with Crippen LogP contribution in [0.4, 0.5) is 5.69 Å². The maximum atomic E-state index is 12.9. The summed E-state index contributed by atoms with van der Waals surface area (Å²) < 4.78 is 10.7. The van der Waals surface area contributed by atoms with Crippen molar-refractivity contribution in [2.45, 2.75) is 6.04 Å². The number of carbonyl (C=O) groups is 2. The van der Waals surface area contributed by atoms with Crippen LogP contribution in [0.3, 0.4) is 0 Å². The second-order valence-electron chi connectivity index (χ2n) is 7.43. The van der Waals surface area contributed by atoms with Gasteiger partial charge in [0, 0.05) is 22.2 Å². The first-order valence-corrected chi connectivity index (χ1v) is 11.6. The number of methoxy groups -OCH3 is 1. The Kier molecular flexibility index (Phi) is 7.57. The van der Waals surface area contributed by atoms with Crippen molar-refractivity contribution in [1.29, 1.82) is 0 Å². The largest absolute Gasteiger partial charge is 0.497 e. The third-order valence-corrected chi connectivity index (χ3v) is 6.01. The summed E-state index contributed by atoms with van der Waals surface area (Å²) in [4.78, 5) is 26.2. The molecule has 1 atom stereocenters. The predicted octanol–water partition coefficient (Wildman–Crippen LogP) is 5.29. The predicted molar refractivity (Wildman–Crippen MR) is 134 cm³/mol. The molecule has 0 aliphatic rings. The number of carbonyl (C=O) groups excluding carboxylic acids is 2. The zero-order valence-corrected chi connectivity index (χ0v) is 19.4. The second kappa shape index (κ2) is 11.2. The first-order chi connectivity index (χ1) is 16.6. The second-order valence-corrected chi connectivity index (χ2v) is 8.41. The van der Waals surface area contributed by atoms with Crippen molar-refractivity contribution >= 4 is 28.8 Å². The Morgan fingerprint density at radius 3 is 2.38 bits per heavy atom. The first kappa shape index (κ1) is 23.1. The van der Waals surface area contributed by atoms with Crippen LogP contribution in [-0.4, -0.2) is 25.5 Å². The number of benzene rings is 3. The van der Waals surface area contributed by atoms with Crippen molar-refractivity contribution in [2.75, 3.05) is 19.0 Å². The highest BCUT2D eigenvalue weighted by atomic mass is 32.1. The van der Waals surface area contributed by atoms with E-state index in [1.54, 1.807) is 67.0 Å². The Morgan fingerprint density at radius 2 is 1.68 bits per heavy atom. The molecule has 4 aromatic rings. The van der Waals surface area contributed by atoms with Crippen LogP contribution < -0.4 is 20.1 Å². The molecule has 0 bridgehead atoms. The fraction of sp³-hybridized carbons (Fsp3) is 0.111. The van der Waals surface area contributed by atoms with Crippen LogP contribution in [0.2, 0.25) is 0 Å². The van der Waals surface area contributed by atoms with Crippen molar-refractivity contribution in [1.82, 2.24) is 5.32 Å². The Balaban J connectivity index is 1.35. The van der Waals surface area contributed by atoms with Gasteiger partial charge in [0.05, 0.1) is 13.2 Å². The molecule has 0 saturated carbocycles. The van der Waals surface area contributed by atoms with Gasteiger partial charge in [0.25, 0.3) is 11.8 Å². The van der Waals surface area contributed by atoms with Gasteiger partial charge in [-0.05, 0) is 53.4 Å². The van der Waals surface area contributed by atoms with E-state index in [1.165, 1.54) is 0 Å². The molecule has 4 rings (SSSR count). The molecule has 0 saturated heterocycles. The molecule has 0 aliphatic heterocycles. The molecule has 2 N–H and O–H groups in total. The van der Waals surface area contributed by atoms with E-state index in [4.69, 9.17) is 9.47 Å². The molecule has 7 heteroatoms. The van der Waals surface area contributed by atoms with Gasteiger partial charge in [0.1, 0.15) is 11.5 Å². The molecule has 2 amide bonds. The highest BCUT2D eigenvalue weighted by Gasteiger charge is 2.18. The number of rotatable bonds is 9. The summed E-state index contributed by atoms with van der Waals surface area (Å²) in [5.74, 6) is 0.665. The van der Waals surface area contributed by atoms with E-state index >= 15 is 0 Å². The SMILES string of the molecule is COc1cccc(NC(=O)COc2ccc(C(=O)NC(c3ccccc3)c3cccs3)cc2)c1. The molecule has 1 unspecified atom stereocenters. The summed E-state index contributed by atoms with van der Waals surface area (Å²) in [7, 11) is 1.57. The molecule has 172 valence electrons. The molecule has 0 fully saturated rings. The minimum Gasteiger partial charge on any atom is -0.497 e. The third kappa shape index (κ3) is 6.02. The van der Waals surface area contributed by atoms with E-state index in [0.29, 0.717) is 22.7 Å². The van der Waals surface area contributed by atoms with E-state index in [0.717, 1.165) is 10.4 Å². The lowest BCUT2D eigenvalue weighted by molar-refractivity contribution is -0.118. The summed E-state index contributed by atoms with van der Waals surface area (Å²) in [6, 6.07) is 27.4. The summed E-state index contributed by atoms with van der Waals surface area (Å²) >= 11 is 1.60. The summed E-state index contributed by atoms with van der Waals surface area (Å²) in [5, 5.41) is 7.87. The number of anilines is 1. The molecule has 34 heavy (non-hydrogen) atoms. The Hall–Kier alpha value is -4.10. The van der Waals surface area contributed by atoms with Gasteiger partial charge in [-0.2, -0.15) is 0 Å². The highest BCUT2D eigenvalue weighted by Crippen LogP contribution is 2.26. The summed E-state index contributed by atoms with van der Waals surface area (Å²) in [6.07, 6.45) is 0. The lowest BCUT2D eigenvalue weighted by Crippen LogP contribution is -2.28. The average molecular weight is 473 g/mol. The van der Waals surface area contributed by atoms with Crippen LogP contribution in [0.1, 0.15) is 26.8 Å². The van der Waals surface area contributed by atoms with E-state index in [2.05, 4.69) is 10.6 Å². The van der Waals surface area contributed by atoms with Gasteiger partial charge in [-0.1, -0.05) is 42.5 Å². The van der Waals surface area contributed by atoms with Crippen molar-refractivity contribution in [3.8, 4) is 11.5 Å². The van der Waals surface area contributed by atoms with Crippen LogP contribution in [0.5, 0.6) is 11.5 Å². The number of amides is 2. The Labute approximate surface area is 202 Å². The van der Waals surface area contributed by atoms with Crippen LogP contribution in [0.15, 0.2) is 96.4 Å². The van der Waals surface area contributed by atoms with Gasteiger partial charge in [-0.15, -0.1) is 11.3 Å². The molecular formula is C27H24N2O4S. The standard InChI is InChI=1S/C27H24N2O4S/c1-32-23-10-5-9-21(17-23)28-25(30)18-33-22-14-12-20(13-15-22)27(31)29-26(24-11-6-16-34-24)19-7-3-2-4-8-19/h2-17,26H,18H2,1H3,(H,28,30)(H,29,31). The van der Waals surface area contributed by atoms with Crippen LogP contribution >= 0.6 is 11.3 Å². The van der Waals surface area contributed by atoms with Gasteiger partial charge in [0.15, 0.2) is 6.61 Å². The minimum absolute atomic E-state index is 0.156. The van der Waals surface area contributed by atoms with Gasteiger partial charge < -0.3 is 20.1 Å². The van der Waals surface area contributed by atoms with Crippen molar-refractivity contribution in [3.05, 3.63) is 112 Å². The van der Waals surface area contributed by atoms with E-state index in [9.17, 15) is 9.59 Å². The van der Waals surface area contributed by atoms with Crippen LogP contribution in [0.25, 0.3) is 0 Å². The minimum atomic E-state index is -0.295. The Morgan fingerprint density at radius 1 is 0.882 bits per heavy atom. The number of hydrogen-bond donors (Lipinski definition) is 2. The van der Waals surface area contributed by atoms with Crippen molar-refractivity contribution in [3.63, 3.8) is 0 Å². The number of hydrogen-bond acceptors (Lipinski definition) is 5. The fourth-order valence-corrected chi connectivity index (χ4v) is 4.19. The highest BCUT2D eigenvalue weighted by molar-refractivity contribution is 7.10. The summed E-state index contributed by atoms with van der Waals surface area (Å²) in [5.41, 5.74) is 2.14. The number of ether oxygens (including phenoxy) is 2. The van der Waals surface area contributed by atoms with E-state index in [1.807, 2.05) is 47.8 Å². The number of thiophene rings is 1. The smallest absolute Gasteiger partial charge is 0.262 e. The first-order valence-electron chi connectivity index (χ1n) is 10.7. The van der Waals surface area contributed by atoms with Gasteiger partial charge >= 0.3 is 0 Å². The molecule has 1 aromatic heterocycles. The van der Waals surface area contributed by atoms with Crippen molar-refractivity contribution in [2.24, 2.45) is 0 Å². The van der Waals surface area contributed by atoms with Gasteiger partial charge in [0.2, 0.25) is 0 Å².